The van der Waals surface area contributed by atoms with Crippen LogP contribution in [0, 0.1) is 0 Å². The Morgan fingerprint density at radius 1 is 1.27 bits per heavy atom. The molecule has 0 bridgehead atoms. The lowest BCUT2D eigenvalue weighted by molar-refractivity contribution is -0.0871. The number of carbonyl (C=O) groups excluding carboxylic acids is 1. The molecule has 0 saturated carbocycles. The molecule has 0 N–H and O–H groups in total. The second-order valence-electron chi connectivity index (χ2n) is 8.11. The fraction of sp³-hybridized carbons (Fsp3) is 0.824. The van der Waals surface area contributed by atoms with Gasteiger partial charge in [-0.05, 0) is 55.4 Å². The minimum Gasteiger partial charge on any atom is -0.444 e. The molecule has 1 aliphatic heterocycles. The topological polar surface area (TPSA) is 48.0 Å². The first kappa shape index (κ1) is 19.0. The van der Waals surface area contributed by atoms with Gasteiger partial charge in [0, 0.05) is 0 Å². The molecule has 0 aliphatic carbocycles. The number of hydrogen-bond acceptors (Lipinski definition) is 4. The van der Waals surface area contributed by atoms with E-state index in [1.807, 2.05) is 55.4 Å². The van der Waals surface area contributed by atoms with Gasteiger partial charge in [-0.15, -0.1) is 6.58 Å². The average molecular weight is 313 g/mol. The Morgan fingerprint density at radius 2 is 1.82 bits per heavy atom. The second-order valence-corrected chi connectivity index (χ2v) is 8.11. The number of hydrogen-bond donors (Lipinski definition) is 0. The summed E-state index contributed by atoms with van der Waals surface area (Å²) >= 11 is 0. The molecule has 0 radical (unpaired) electrons. The first-order chi connectivity index (χ1) is 9.77. The fourth-order valence-corrected chi connectivity index (χ4v) is 2.43. The van der Waals surface area contributed by atoms with Crippen LogP contribution in [0.5, 0.6) is 0 Å². The zero-order valence-electron chi connectivity index (χ0n) is 15.2. The molecule has 0 aromatic carbocycles. The minimum atomic E-state index is -0.741. The van der Waals surface area contributed by atoms with E-state index in [1.54, 1.807) is 11.0 Å². The lowest BCUT2D eigenvalue weighted by Gasteiger charge is -2.38. The quantitative estimate of drug-likeness (QED) is 0.745. The van der Waals surface area contributed by atoms with E-state index in [9.17, 15) is 4.79 Å². The number of nitrogens with zero attached hydrogens (tertiary/aromatic N) is 1. The minimum absolute atomic E-state index is 0.262. The van der Waals surface area contributed by atoms with Gasteiger partial charge in [-0.2, -0.15) is 0 Å². The van der Waals surface area contributed by atoms with E-state index in [0.29, 0.717) is 6.61 Å². The monoisotopic (exact) mass is 313 g/mol. The zero-order valence-corrected chi connectivity index (χ0v) is 15.2. The highest BCUT2D eigenvalue weighted by Gasteiger charge is 2.48. The summed E-state index contributed by atoms with van der Waals surface area (Å²) in [7, 11) is 0. The van der Waals surface area contributed by atoms with E-state index in [-0.39, 0.29) is 17.7 Å². The van der Waals surface area contributed by atoms with Gasteiger partial charge in [-0.25, -0.2) is 4.79 Å². The van der Waals surface area contributed by atoms with Crippen molar-refractivity contribution in [2.45, 2.75) is 84.5 Å². The molecule has 0 aromatic heterocycles. The molecular formula is C17H31NO4. The summed E-state index contributed by atoms with van der Waals surface area (Å²) in [5.74, 6) is 0. The van der Waals surface area contributed by atoms with Crippen LogP contribution in [-0.4, -0.2) is 46.7 Å². The summed E-state index contributed by atoms with van der Waals surface area (Å²) in [4.78, 5) is 14.2. The third kappa shape index (κ3) is 4.99. The average Bonchev–Trinajstić information content (AvgIpc) is 2.58. The standard InChI is InChI=1S/C17H31NO4/c1-10-13(21-15(2,3)4)12-11-20-17(8,9)18(12)14(19)22-16(5,6)7/h10,12-13H,1,11H2,2-9H3/t12-,13-/m1/s1. The summed E-state index contributed by atoms with van der Waals surface area (Å²) in [5.41, 5.74) is -1.64. The maximum absolute atomic E-state index is 12.6. The summed E-state index contributed by atoms with van der Waals surface area (Å²) in [6.45, 7) is 19.4. The second kappa shape index (κ2) is 6.20. The fourth-order valence-electron chi connectivity index (χ4n) is 2.43. The van der Waals surface area contributed by atoms with Crippen molar-refractivity contribution in [2.75, 3.05) is 6.61 Å². The molecule has 22 heavy (non-hydrogen) atoms. The maximum atomic E-state index is 12.6. The molecule has 1 aliphatic rings. The van der Waals surface area contributed by atoms with Crippen LogP contribution in [0.2, 0.25) is 0 Å². The van der Waals surface area contributed by atoms with Crippen LogP contribution in [0.15, 0.2) is 12.7 Å². The highest BCUT2D eigenvalue weighted by molar-refractivity contribution is 5.70. The molecular weight excluding hydrogens is 282 g/mol. The first-order valence-electron chi connectivity index (χ1n) is 7.73. The largest absolute Gasteiger partial charge is 0.444 e. The Labute approximate surface area is 134 Å². The van der Waals surface area contributed by atoms with Crippen molar-refractivity contribution in [3.05, 3.63) is 12.7 Å². The summed E-state index contributed by atoms with van der Waals surface area (Å²) in [6.07, 6.45) is 0.997. The van der Waals surface area contributed by atoms with Gasteiger partial charge in [0.15, 0.2) is 0 Å². The van der Waals surface area contributed by atoms with Crippen LogP contribution in [0.4, 0.5) is 4.79 Å². The van der Waals surface area contributed by atoms with Crippen molar-refractivity contribution in [2.24, 2.45) is 0 Å². The van der Waals surface area contributed by atoms with Crippen molar-refractivity contribution in [1.82, 2.24) is 4.90 Å². The zero-order chi connectivity index (χ0) is 17.3. The normalized spacial score (nSPS) is 23.3. The van der Waals surface area contributed by atoms with E-state index in [2.05, 4.69) is 6.58 Å². The molecule has 1 rings (SSSR count). The Balaban J connectivity index is 3.02. The Bertz CT molecular complexity index is 417. The van der Waals surface area contributed by atoms with Gasteiger partial charge in [0.05, 0.1) is 24.4 Å². The van der Waals surface area contributed by atoms with Crippen molar-refractivity contribution in [1.29, 1.82) is 0 Å². The van der Waals surface area contributed by atoms with Crippen LogP contribution in [0.3, 0.4) is 0 Å². The number of ether oxygens (including phenoxy) is 3. The molecule has 1 amide bonds. The van der Waals surface area contributed by atoms with E-state index in [1.165, 1.54) is 0 Å². The molecule has 0 spiro atoms. The molecule has 0 aromatic rings. The van der Waals surface area contributed by atoms with Crippen molar-refractivity contribution in [3.63, 3.8) is 0 Å². The van der Waals surface area contributed by atoms with Crippen LogP contribution in [-0.2, 0) is 14.2 Å². The van der Waals surface area contributed by atoms with Crippen LogP contribution in [0.1, 0.15) is 55.4 Å². The van der Waals surface area contributed by atoms with Crippen LogP contribution < -0.4 is 0 Å². The number of carbonyl (C=O) groups is 1. The van der Waals surface area contributed by atoms with E-state index in [0.717, 1.165) is 0 Å². The maximum Gasteiger partial charge on any atom is 0.413 e. The summed E-state index contributed by atoms with van der Waals surface area (Å²) in [5, 5.41) is 0. The smallest absolute Gasteiger partial charge is 0.413 e. The third-order valence-corrected chi connectivity index (χ3v) is 3.21. The SMILES string of the molecule is C=C[C@@H](OC(C)(C)C)[C@H]1COC(C)(C)N1C(=O)OC(C)(C)C. The third-order valence-electron chi connectivity index (χ3n) is 3.21. The van der Waals surface area contributed by atoms with Crippen molar-refractivity contribution >= 4 is 6.09 Å². The van der Waals surface area contributed by atoms with Crippen molar-refractivity contribution < 1.29 is 19.0 Å². The highest BCUT2D eigenvalue weighted by atomic mass is 16.6. The molecule has 5 nitrogen and oxygen atoms in total. The first-order valence-corrected chi connectivity index (χ1v) is 7.73. The molecule has 1 saturated heterocycles. The van der Waals surface area contributed by atoms with E-state index in [4.69, 9.17) is 14.2 Å². The van der Waals surface area contributed by atoms with E-state index >= 15 is 0 Å². The Hall–Kier alpha value is -1.07. The van der Waals surface area contributed by atoms with Gasteiger partial charge in [0.2, 0.25) is 0 Å². The van der Waals surface area contributed by atoms with Crippen LogP contribution >= 0.6 is 0 Å². The van der Waals surface area contributed by atoms with Crippen molar-refractivity contribution in [3.8, 4) is 0 Å². The highest BCUT2D eigenvalue weighted by Crippen LogP contribution is 2.33. The van der Waals surface area contributed by atoms with Gasteiger partial charge in [0.1, 0.15) is 11.3 Å². The Kier molecular flexibility index (Phi) is 5.35. The lowest BCUT2D eigenvalue weighted by Crippen LogP contribution is -2.54. The van der Waals surface area contributed by atoms with Gasteiger partial charge >= 0.3 is 6.09 Å². The Morgan fingerprint density at radius 3 is 2.23 bits per heavy atom. The lowest BCUT2D eigenvalue weighted by atomic mass is 10.1. The molecule has 5 heteroatoms. The molecule has 0 unspecified atom stereocenters. The van der Waals surface area contributed by atoms with Crippen LogP contribution in [0.25, 0.3) is 0 Å². The van der Waals surface area contributed by atoms with Gasteiger partial charge in [-0.1, -0.05) is 6.08 Å². The molecule has 1 fully saturated rings. The van der Waals surface area contributed by atoms with E-state index < -0.39 is 17.4 Å². The summed E-state index contributed by atoms with van der Waals surface area (Å²) < 4.78 is 17.4. The predicted molar refractivity (Wildman–Crippen MR) is 86.7 cm³/mol. The summed E-state index contributed by atoms with van der Waals surface area (Å²) in [6, 6.07) is -0.262. The van der Waals surface area contributed by atoms with Gasteiger partial charge in [-0.3, -0.25) is 4.90 Å². The molecule has 128 valence electrons. The number of amides is 1. The van der Waals surface area contributed by atoms with Gasteiger partial charge in [0.25, 0.3) is 0 Å². The predicted octanol–water partition coefficient (Wildman–Crippen LogP) is 3.73. The van der Waals surface area contributed by atoms with Gasteiger partial charge < -0.3 is 14.2 Å². The number of rotatable bonds is 3. The molecule has 2 atom stereocenters. The molecule has 1 heterocycles.